The number of aliphatic hydroxyl groups excluding tert-OH is 1. The lowest BCUT2D eigenvalue weighted by Gasteiger charge is -2.35. The molecule has 1 heterocycles. The molecule has 14 heavy (non-hydrogen) atoms. The average molecular weight is 201 g/mol. The van der Waals surface area contributed by atoms with Crippen LogP contribution < -0.4 is 0 Å². The van der Waals surface area contributed by atoms with Crippen molar-refractivity contribution in [3.05, 3.63) is 0 Å². The Kier molecular flexibility index (Phi) is 4.35. The van der Waals surface area contributed by atoms with Crippen LogP contribution in [0.2, 0.25) is 0 Å². The molecule has 0 saturated carbocycles. The molecule has 0 radical (unpaired) electrons. The molecule has 1 amide bonds. The molecular formula is C10H19NO3. The molecule has 1 atom stereocenters. The van der Waals surface area contributed by atoms with E-state index in [9.17, 15) is 4.79 Å². The lowest BCUT2D eigenvalue weighted by Crippen LogP contribution is -2.49. The van der Waals surface area contributed by atoms with Crippen LogP contribution in [0, 0.1) is 0 Å². The summed E-state index contributed by atoms with van der Waals surface area (Å²) in [5, 5.41) is 8.69. The number of aliphatic hydroxyl groups is 1. The summed E-state index contributed by atoms with van der Waals surface area (Å²) in [5.74, 6) is 0.0697. The largest absolute Gasteiger partial charge is 0.396 e. The van der Waals surface area contributed by atoms with Crippen molar-refractivity contribution in [2.24, 2.45) is 0 Å². The maximum absolute atomic E-state index is 11.4. The van der Waals surface area contributed by atoms with Crippen LogP contribution in [0.25, 0.3) is 0 Å². The minimum atomic E-state index is 0.0697. The van der Waals surface area contributed by atoms with E-state index in [-0.39, 0.29) is 31.3 Å². The van der Waals surface area contributed by atoms with E-state index in [0.717, 1.165) is 12.8 Å². The first-order chi connectivity index (χ1) is 6.65. The molecule has 1 saturated heterocycles. The zero-order chi connectivity index (χ0) is 10.6. The van der Waals surface area contributed by atoms with Gasteiger partial charge in [-0.1, -0.05) is 0 Å². The van der Waals surface area contributed by atoms with Gasteiger partial charge in [0.05, 0.1) is 6.10 Å². The van der Waals surface area contributed by atoms with Crippen molar-refractivity contribution in [3.8, 4) is 0 Å². The summed E-state index contributed by atoms with van der Waals surface area (Å²) in [4.78, 5) is 13.2. The minimum Gasteiger partial charge on any atom is -0.396 e. The fourth-order valence-corrected chi connectivity index (χ4v) is 1.64. The fraction of sp³-hybridized carbons (Fsp3) is 0.900. The van der Waals surface area contributed by atoms with Gasteiger partial charge in [-0.3, -0.25) is 4.79 Å². The molecule has 0 aromatic carbocycles. The van der Waals surface area contributed by atoms with Gasteiger partial charge in [-0.05, 0) is 26.7 Å². The van der Waals surface area contributed by atoms with Crippen LogP contribution in [0.4, 0.5) is 0 Å². The zero-order valence-corrected chi connectivity index (χ0v) is 8.90. The van der Waals surface area contributed by atoms with Gasteiger partial charge in [0.2, 0.25) is 5.91 Å². The van der Waals surface area contributed by atoms with Crippen LogP contribution in [0.1, 0.15) is 26.7 Å². The highest BCUT2D eigenvalue weighted by Gasteiger charge is 2.27. The number of ether oxygens (including phenoxy) is 1. The number of carbonyl (C=O) groups is 1. The molecule has 0 bridgehead atoms. The van der Waals surface area contributed by atoms with Crippen LogP contribution in [0.5, 0.6) is 0 Å². The van der Waals surface area contributed by atoms with E-state index in [4.69, 9.17) is 9.84 Å². The molecule has 1 aliphatic rings. The highest BCUT2D eigenvalue weighted by Crippen LogP contribution is 2.13. The van der Waals surface area contributed by atoms with Crippen LogP contribution in [-0.4, -0.2) is 47.8 Å². The Labute approximate surface area is 84.8 Å². The molecule has 0 aromatic heterocycles. The molecule has 4 heteroatoms. The molecule has 82 valence electrons. The van der Waals surface area contributed by atoms with Crippen molar-refractivity contribution in [1.29, 1.82) is 0 Å². The molecule has 0 aromatic rings. The van der Waals surface area contributed by atoms with E-state index in [1.807, 2.05) is 18.7 Å². The number of hydrogen-bond donors (Lipinski definition) is 1. The Morgan fingerprint density at radius 1 is 1.64 bits per heavy atom. The number of carbonyl (C=O) groups excluding carboxylic acids is 1. The van der Waals surface area contributed by atoms with E-state index in [0.29, 0.717) is 6.54 Å². The summed E-state index contributed by atoms with van der Waals surface area (Å²) in [6.07, 6.45) is 1.67. The van der Waals surface area contributed by atoms with Crippen molar-refractivity contribution in [3.63, 3.8) is 0 Å². The smallest absolute Gasteiger partial charge is 0.248 e. The Bertz CT molecular complexity index is 194. The summed E-state index contributed by atoms with van der Waals surface area (Å²) in [6, 6.07) is 0.239. The molecule has 0 spiro atoms. The quantitative estimate of drug-likeness (QED) is 0.716. The lowest BCUT2D eigenvalue weighted by atomic mass is 10.1. The normalized spacial score (nSPS) is 23.3. The number of nitrogens with zero attached hydrogens (tertiary/aromatic N) is 1. The number of rotatable bonds is 4. The van der Waals surface area contributed by atoms with Gasteiger partial charge < -0.3 is 14.7 Å². The average Bonchev–Trinajstić information content (AvgIpc) is 2.16. The molecule has 0 aliphatic carbocycles. The zero-order valence-electron chi connectivity index (χ0n) is 8.90. The van der Waals surface area contributed by atoms with Gasteiger partial charge in [-0.25, -0.2) is 0 Å². The standard InChI is InChI=1S/C10H19NO3/c1-8(2)11-6-9(4-3-5-12)14-7-10(11)13/h8-9,12H,3-7H2,1-2H3. The minimum absolute atomic E-state index is 0.0697. The molecule has 1 unspecified atom stereocenters. The highest BCUT2D eigenvalue weighted by molar-refractivity contribution is 5.78. The second-order valence-electron chi connectivity index (χ2n) is 3.94. The van der Waals surface area contributed by atoms with Crippen molar-refractivity contribution in [2.45, 2.75) is 38.8 Å². The van der Waals surface area contributed by atoms with Crippen molar-refractivity contribution in [1.82, 2.24) is 4.90 Å². The molecule has 1 fully saturated rings. The van der Waals surface area contributed by atoms with Gasteiger partial charge in [-0.15, -0.1) is 0 Å². The first-order valence-corrected chi connectivity index (χ1v) is 5.17. The Balaban J connectivity index is 2.41. The van der Waals surface area contributed by atoms with E-state index < -0.39 is 0 Å². The third-order valence-electron chi connectivity index (χ3n) is 2.47. The SMILES string of the molecule is CC(C)N1CC(CCCO)OCC1=O. The lowest BCUT2D eigenvalue weighted by molar-refractivity contribution is -0.151. The summed E-state index contributed by atoms with van der Waals surface area (Å²) in [6.45, 7) is 5.05. The van der Waals surface area contributed by atoms with E-state index in [2.05, 4.69) is 0 Å². The Hall–Kier alpha value is -0.610. The van der Waals surface area contributed by atoms with E-state index >= 15 is 0 Å². The van der Waals surface area contributed by atoms with E-state index in [1.165, 1.54) is 0 Å². The summed E-state index contributed by atoms with van der Waals surface area (Å²) >= 11 is 0. The maximum Gasteiger partial charge on any atom is 0.248 e. The van der Waals surface area contributed by atoms with E-state index in [1.54, 1.807) is 0 Å². The molecular weight excluding hydrogens is 182 g/mol. The molecule has 1 aliphatic heterocycles. The van der Waals surface area contributed by atoms with Crippen molar-refractivity contribution < 1.29 is 14.6 Å². The van der Waals surface area contributed by atoms with Gasteiger partial charge in [0.1, 0.15) is 6.61 Å². The maximum atomic E-state index is 11.4. The van der Waals surface area contributed by atoms with Gasteiger partial charge >= 0.3 is 0 Å². The third-order valence-corrected chi connectivity index (χ3v) is 2.47. The summed E-state index contributed by atoms with van der Waals surface area (Å²) in [7, 11) is 0. The Morgan fingerprint density at radius 2 is 2.36 bits per heavy atom. The number of amides is 1. The predicted octanol–water partition coefficient (Wildman–Crippen LogP) is 0.395. The van der Waals surface area contributed by atoms with Crippen LogP contribution >= 0.6 is 0 Å². The fourth-order valence-electron chi connectivity index (χ4n) is 1.64. The van der Waals surface area contributed by atoms with Crippen LogP contribution in [0.15, 0.2) is 0 Å². The van der Waals surface area contributed by atoms with Gasteiger partial charge in [-0.2, -0.15) is 0 Å². The van der Waals surface area contributed by atoms with Crippen molar-refractivity contribution in [2.75, 3.05) is 19.8 Å². The monoisotopic (exact) mass is 201 g/mol. The van der Waals surface area contributed by atoms with Gasteiger partial charge in [0.15, 0.2) is 0 Å². The number of hydrogen-bond acceptors (Lipinski definition) is 3. The van der Waals surface area contributed by atoms with Gasteiger partial charge in [0, 0.05) is 19.2 Å². The molecule has 1 rings (SSSR count). The third kappa shape index (κ3) is 2.96. The summed E-state index contributed by atoms with van der Waals surface area (Å²) in [5.41, 5.74) is 0. The topological polar surface area (TPSA) is 49.8 Å². The molecule has 1 N–H and O–H groups in total. The van der Waals surface area contributed by atoms with Crippen LogP contribution in [-0.2, 0) is 9.53 Å². The Morgan fingerprint density at radius 3 is 2.93 bits per heavy atom. The van der Waals surface area contributed by atoms with Crippen LogP contribution in [0.3, 0.4) is 0 Å². The predicted molar refractivity (Wildman–Crippen MR) is 52.9 cm³/mol. The second kappa shape index (κ2) is 5.32. The van der Waals surface area contributed by atoms with Crippen molar-refractivity contribution >= 4 is 5.91 Å². The molecule has 4 nitrogen and oxygen atoms in total. The second-order valence-corrected chi connectivity index (χ2v) is 3.94. The first-order valence-electron chi connectivity index (χ1n) is 5.17. The summed E-state index contributed by atoms with van der Waals surface area (Å²) < 4.78 is 5.37. The first kappa shape index (κ1) is 11.5. The van der Waals surface area contributed by atoms with Gasteiger partial charge in [0.25, 0.3) is 0 Å². The highest BCUT2D eigenvalue weighted by atomic mass is 16.5. The number of morpholine rings is 1.